The Kier molecular flexibility index (Phi) is 7.80. The van der Waals surface area contributed by atoms with Crippen LogP contribution in [0.3, 0.4) is 0 Å². The minimum Gasteiger partial charge on any atom is -0.497 e. The average Bonchev–Trinajstić information content (AvgIpc) is 2.69. The highest BCUT2D eigenvalue weighted by Gasteiger charge is 2.32. The van der Waals surface area contributed by atoms with Gasteiger partial charge in [-0.25, -0.2) is 0 Å². The van der Waals surface area contributed by atoms with E-state index in [1.54, 1.807) is 31.4 Å². The van der Waals surface area contributed by atoms with Gasteiger partial charge in [-0.3, -0.25) is 4.79 Å². The summed E-state index contributed by atoms with van der Waals surface area (Å²) in [4.78, 5) is 14.8. The monoisotopic (exact) mass is 428 g/mol. The lowest BCUT2D eigenvalue weighted by Gasteiger charge is -2.39. The first-order valence-electron chi connectivity index (χ1n) is 8.58. The fourth-order valence-corrected chi connectivity index (χ4v) is 3.79. The number of benzene rings is 2. The van der Waals surface area contributed by atoms with E-state index in [2.05, 4.69) is 5.32 Å². The van der Waals surface area contributed by atoms with E-state index in [0.29, 0.717) is 15.6 Å². The summed E-state index contributed by atoms with van der Waals surface area (Å²) in [7, 11) is 3.48. The summed E-state index contributed by atoms with van der Waals surface area (Å²) in [5, 5.41) is 4.50. The van der Waals surface area contributed by atoms with Crippen molar-refractivity contribution in [3.8, 4) is 5.75 Å². The first kappa shape index (κ1) is 21.8. The van der Waals surface area contributed by atoms with E-state index in [-0.39, 0.29) is 30.3 Å². The molecule has 0 aromatic heterocycles. The molecule has 3 rings (SSSR count). The van der Waals surface area contributed by atoms with Crippen LogP contribution in [0.15, 0.2) is 42.5 Å². The van der Waals surface area contributed by atoms with Gasteiger partial charge in [0.25, 0.3) is 5.91 Å². The van der Waals surface area contributed by atoms with Crippen molar-refractivity contribution in [1.29, 1.82) is 0 Å². The van der Waals surface area contributed by atoms with Crippen LogP contribution in [-0.2, 0) is 0 Å². The Bertz CT molecular complexity index is 783. The number of rotatable bonds is 4. The van der Waals surface area contributed by atoms with Crippen LogP contribution in [0.2, 0.25) is 10.0 Å². The molecule has 2 aromatic carbocycles. The number of methoxy groups -OCH3 is 1. The highest BCUT2D eigenvalue weighted by molar-refractivity contribution is 6.42. The molecule has 1 aliphatic heterocycles. The Balaban J connectivity index is 0.00000261. The molecule has 0 unspecified atom stereocenters. The predicted octanol–water partition coefficient (Wildman–Crippen LogP) is 4.64. The lowest BCUT2D eigenvalue weighted by atomic mass is 9.85. The van der Waals surface area contributed by atoms with Gasteiger partial charge in [-0.1, -0.05) is 29.3 Å². The number of likely N-dealkylation sites (N-methyl/N-ethyl adjacent to an activating group) is 1. The van der Waals surface area contributed by atoms with E-state index >= 15 is 0 Å². The van der Waals surface area contributed by atoms with E-state index in [4.69, 9.17) is 27.9 Å². The van der Waals surface area contributed by atoms with Gasteiger partial charge in [-0.05, 0) is 54.9 Å². The molecular weight excluding hydrogens is 407 g/mol. The number of carbonyl (C=O) groups excluding carboxylic acids is 1. The van der Waals surface area contributed by atoms with E-state index in [1.807, 2.05) is 30.1 Å². The lowest BCUT2D eigenvalue weighted by Crippen LogP contribution is -2.49. The average molecular weight is 430 g/mol. The molecule has 0 aliphatic carbocycles. The molecule has 1 fully saturated rings. The molecule has 2 atom stereocenters. The van der Waals surface area contributed by atoms with Crippen molar-refractivity contribution in [3.63, 3.8) is 0 Å². The summed E-state index contributed by atoms with van der Waals surface area (Å²) in [5.74, 6) is 0.898. The summed E-state index contributed by atoms with van der Waals surface area (Å²) >= 11 is 12.3. The molecule has 0 radical (unpaired) electrons. The Hall–Kier alpha value is -1.46. The number of amides is 1. The van der Waals surface area contributed by atoms with Crippen LogP contribution in [0.4, 0.5) is 0 Å². The number of piperidine rings is 1. The number of nitrogens with zero attached hydrogens (tertiary/aromatic N) is 1. The third-order valence-corrected chi connectivity index (χ3v) is 5.71. The molecule has 4 nitrogen and oxygen atoms in total. The van der Waals surface area contributed by atoms with Gasteiger partial charge in [0.2, 0.25) is 0 Å². The van der Waals surface area contributed by atoms with Gasteiger partial charge in [0.05, 0.1) is 17.2 Å². The normalized spacial score (nSPS) is 19.1. The highest BCUT2D eigenvalue weighted by atomic mass is 35.5. The smallest absolute Gasteiger partial charge is 0.253 e. The highest BCUT2D eigenvalue weighted by Crippen LogP contribution is 2.32. The maximum atomic E-state index is 13.0. The van der Waals surface area contributed by atoms with Crippen LogP contribution >= 0.6 is 35.6 Å². The van der Waals surface area contributed by atoms with Crippen LogP contribution in [0.25, 0.3) is 0 Å². The van der Waals surface area contributed by atoms with E-state index in [0.717, 1.165) is 30.8 Å². The van der Waals surface area contributed by atoms with Crippen LogP contribution in [0.5, 0.6) is 5.75 Å². The standard InChI is InChI=1S/C20H22Cl2N2O2.ClH/c1-24(20(25)13-3-6-15(26-2)7-4-13)19-9-10-23-12-16(19)14-5-8-17(21)18(22)11-14;/h3-8,11,16,19,23H,9-10,12H2,1-2H3;1H/t16-,19+;/m0./s1. The van der Waals surface area contributed by atoms with E-state index in [1.165, 1.54) is 0 Å². The number of carbonyl (C=O) groups is 1. The topological polar surface area (TPSA) is 41.6 Å². The SMILES string of the molecule is COc1ccc(C(=O)N(C)[C@@H]2CCNC[C@H]2c2ccc(Cl)c(Cl)c2)cc1.Cl. The largest absolute Gasteiger partial charge is 0.497 e. The second kappa shape index (κ2) is 9.65. The zero-order valence-corrected chi connectivity index (χ0v) is 17.6. The quantitative estimate of drug-likeness (QED) is 0.769. The molecule has 7 heteroatoms. The van der Waals surface area contributed by atoms with Crippen molar-refractivity contribution in [3.05, 3.63) is 63.6 Å². The van der Waals surface area contributed by atoms with Gasteiger partial charge in [-0.2, -0.15) is 0 Å². The maximum absolute atomic E-state index is 13.0. The van der Waals surface area contributed by atoms with E-state index < -0.39 is 0 Å². The van der Waals surface area contributed by atoms with Crippen molar-refractivity contribution < 1.29 is 9.53 Å². The minimum absolute atomic E-state index is 0. The molecule has 27 heavy (non-hydrogen) atoms. The van der Waals surface area contributed by atoms with Gasteiger partial charge >= 0.3 is 0 Å². The summed E-state index contributed by atoms with van der Waals surface area (Å²) in [6, 6.07) is 13.0. The molecule has 1 amide bonds. The van der Waals surface area contributed by atoms with Crippen molar-refractivity contribution in [2.45, 2.75) is 18.4 Å². The molecule has 2 aromatic rings. The van der Waals surface area contributed by atoms with Gasteiger partial charge < -0.3 is 15.0 Å². The number of nitrogens with one attached hydrogen (secondary N) is 1. The lowest BCUT2D eigenvalue weighted by molar-refractivity contribution is 0.0679. The Morgan fingerprint density at radius 3 is 2.48 bits per heavy atom. The van der Waals surface area contributed by atoms with Crippen molar-refractivity contribution >= 4 is 41.5 Å². The van der Waals surface area contributed by atoms with Gasteiger partial charge in [0, 0.05) is 31.1 Å². The second-order valence-electron chi connectivity index (χ2n) is 6.48. The molecule has 1 aliphatic rings. The molecule has 1 heterocycles. The molecule has 146 valence electrons. The summed E-state index contributed by atoms with van der Waals surface area (Å²) in [5.41, 5.74) is 1.74. The fourth-order valence-electron chi connectivity index (χ4n) is 3.48. The van der Waals surface area contributed by atoms with Gasteiger partial charge in [0.1, 0.15) is 5.75 Å². The zero-order chi connectivity index (χ0) is 18.7. The van der Waals surface area contributed by atoms with Crippen molar-refractivity contribution in [2.75, 3.05) is 27.2 Å². The van der Waals surface area contributed by atoms with Crippen LogP contribution in [0, 0.1) is 0 Å². The Morgan fingerprint density at radius 1 is 1.15 bits per heavy atom. The molecule has 1 N–H and O–H groups in total. The molecule has 0 spiro atoms. The summed E-state index contributed by atoms with van der Waals surface area (Å²) < 4.78 is 5.16. The molecule has 0 saturated carbocycles. The van der Waals surface area contributed by atoms with Crippen molar-refractivity contribution in [1.82, 2.24) is 10.2 Å². The number of ether oxygens (including phenoxy) is 1. The number of hydrogen-bond acceptors (Lipinski definition) is 3. The number of hydrogen-bond donors (Lipinski definition) is 1. The molecular formula is C20H23Cl3N2O2. The Morgan fingerprint density at radius 2 is 1.85 bits per heavy atom. The minimum atomic E-state index is 0. The summed E-state index contributed by atoms with van der Waals surface area (Å²) in [6.07, 6.45) is 0.878. The molecule has 1 saturated heterocycles. The van der Waals surface area contributed by atoms with Crippen LogP contribution in [0.1, 0.15) is 28.3 Å². The second-order valence-corrected chi connectivity index (χ2v) is 7.30. The Labute approximate surface area is 176 Å². The number of halogens is 3. The van der Waals surface area contributed by atoms with Crippen molar-refractivity contribution in [2.24, 2.45) is 0 Å². The van der Waals surface area contributed by atoms with Gasteiger partial charge in [-0.15, -0.1) is 12.4 Å². The van der Waals surface area contributed by atoms with Crippen LogP contribution in [-0.4, -0.2) is 44.1 Å². The first-order valence-corrected chi connectivity index (χ1v) is 9.33. The van der Waals surface area contributed by atoms with E-state index in [9.17, 15) is 4.79 Å². The van der Waals surface area contributed by atoms with Crippen LogP contribution < -0.4 is 10.1 Å². The molecule has 0 bridgehead atoms. The first-order chi connectivity index (χ1) is 12.5. The maximum Gasteiger partial charge on any atom is 0.253 e. The summed E-state index contributed by atoms with van der Waals surface area (Å²) in [6.45, 7) is 1.67. The third-order valence-electron chi connectivity index (χ3n) is 4.97. The zero-order valence-electron chi connectivity index (χ0n) is 15.2. The predicted molar refractivity (Wildman–Crippen MR) is 113 cm³/mol. The third kappa shape index (κ3) is 4.88. The van der Waals surface area contributed by atoms with Gasteiger partial charge in [0.15, 0.2) is 0 Å². The fraction of sp³-hybridized carbons (Fsp3) is 0.350.